The maximum absolute atomic E-state index is 4.78. The van der Waals surface area contributed by atoms with Crippen LogP contribution >= 0.6 is 11.8 Å². The molecule has 3 aromatic rings. The second-order valence-electron chi connectivity index (χ2n) is 6.14. The van der Waals surface area contributed by atoms with Crippen LogP contribution < -0.4 is 0 Å². The zero-order valence-corrected chi connectivity index (χ0v) is 14.4. The standard InChI is InChI=1S/C17H22N4S/c1-5-8-21-14-7-6-12(4)9-13(14)15-16(21)18-17(20-19-15)22-10-11(2)3/h6-7,9,11H,5,8,10H2,1-4H3. The quantitative estimate of drug-likeness (QED) is 0.653. The third-order valence-electron chi connectivity index (χ3n) is 3.60. The van der Waals surface area contributed by atoms with Crippen LogP contribution in [0, 0.1) is 12.8 Å². The molecule has 0 radical (unpaired) electrons. The van der Waals surface area contributed by atoms with E-state index in [0.29, 0.717) is 5.92 Å². The first-order valence-electron chi connectivity index (χ1n) is 7.86. The van der Waals surface area contributed by atoms with E-state index >= 15 is 0 Å². The summed E-state index contributed by atoms with van der Waals surface area (Å²) in [5.41, 5.74) is 4.32. The van der Waals surface area contributed by atoms with Crippen molar-refractivity contribution in [3.05, 3.63) is 23.8 Å². The van der Waals surface area contributed by atoms with Crippen LogP contribution in [0.25, 0.3) is 22.1 Å². The molecule has 0 spiro atoms. The van der Waals surface area contributed by atoms with Gasteiger partial charge in [-0.15, -0.1) is 10.2 Å². The summed E-state index contributed by atoms with van der Waals surface area (Å²) in [6, 6.07) is 6.50. The zero-order valence-electron chi connectivity index (χ0n) is 13.6. The minimum Gasteiger partial charge on any atom is -0.324 e. The van der Waals surface area contributed by atoms with Crippen molar-refractivity contribution in [1.29, 1.82) is 0 Å². The molecule has 4 nitrogen and oxygen atoms in total. The molecule has 1 aromatic carbocycles. The molecule has 0 aliphatic heterocycles. The van der Waals surface area contributed by atoms with Gasteiger partial charge in [0.25, 0.3) is 0 Å². The van der Waals surface area contributed by atoms with Gasteiger partial charge < -0.3 is 4.57 Å². The Balaban J connectivity index is 2.17. The van der Waals surface area contributed by atoms with E-state index in [1.54, 1.807) is 11.8 Å². The Hall–Kier alpha value is -1.62. The van der Waals surface area contributed by atoms with E-state index in [-0.39, 0.29) is 0 Å². The fourth-order valence-corrected chi connectivity index (χ4v) is 3.34. The maximum Gasteiger partial charge on any atom is 0.211 e. The van der Waals surface area contributed by atoms with Gasteiger partial charge in [-0.1, -0.05) is 44.2 Å². The van der Waals surface area contributed by atoms with Gasteiger partial charge in [0, 0.05) is 17.7 Å². The highest BCUT2D eigenvalue weighted by molar-refractivity contribution is 7.99. The van der Waals surface area contributed by atoms with E-state index in [0.717, 1.165) is 40.4 Å². The van der Waals surface area contributed by atoms with Gasteiger partial charge in [-0.25, -0.2) is 4.98 Å². The summed E-state index contributed by atoms with van der Waals surface area (Å²) in [5.74, 6) is 1.63. The molecular formula is C17H22N4S. The normalized spacial score (nSPS) is 11.9. The first-order chi connectivity index (χ1) is 10.6. The molecule has 0 aliphatic carbocycles. The maximum atomic E-state index is 4.78. The topological polar surface area (TPSA) is 43.6 Å². The molecule has 116 valence electrons. The number of hydrogen-bond acceptors (Lipinski definition) is 4. The van der Waals surface area contributed by atoms with E-state index in [1.807, 2.05) is 0 Å². The predicted octanol–water partition coefficient (Wildman–Crippen LogP) is 4.45. The molecule has 0 atom stereocenters. The number of rotatable bonds is 5. The van der Waals surface area contributed by atoms with Crippen molar-refractivity contribution in [1.82, 2.24) is 19.7 Å². The van der Waals surface area contributed by atoms with Crippen molar-refractivity contribution in [2.24, 2.45) is 5.92 Å². The lowest BCUT2D eigenvalue weighted by molar-refractivity contribution is 0.708. The summed E-state index contributed by atoms with van der Waals surface area (Å²) >= 11 is 1.69. The molecule has 3 rings (SSSR count). The Bertz CT molecular complexity index is 807. The average Bonchev–Trinajstić information content (AvgIpc) is 2.79. The monoisotopic (exact) mass is 314 g/mol. The molecule has 0 unspecified atom stereocenters. The van der Waals surface area contributed by atoms with Crippen LogP contribution in [0.4, 0.5) is 0 Å². The second kappa shape index (κ2) is 6.24. The number of benzene rings is 1. The van der Waals surface area contributed by atoms with Crippen molar-refractivity contribution >= 4 is 33.8 Å². The van der Waals surface area contributed by atoms with Gasteiger partial charge >= 0.3 is 0 Å². The third-order valence-corrected chi connectivity index (χ3v) is 4.86. The lowest BCUT2D eigenvalue weighted by atomic mass is 10.2. The molecule has 0 aliphatic rings. The van der Waals surface area contributed by atoms with Gasteiger partial charge in [0.2, 0.25) is 5.16 Å². The van der Waals surface area contributed by atoms with Gasteiger partial charge in [-0.2, -0.15) is 0 Å². The van der Waals surface area contributed by atoms with Crippen LogP contribution in [0.2, 0.25) is 0 Å². The summed E-state index contributed by atoms with van der Waals surface area (Å²) in [7, 11) is 0. The van der Waals surface area contributed by atoms with Gasteiger partial charge in [-0.05, 0) is 31.4 Å². The van der Waals surface area contributed by atoms with E-state index in [4.69, 9.17) is 4.98 Å². The predicted molar refractivity (Wildman–Crippen MR) is 93.4 cm³/mol. The summed E-state index contributed by atoms with van der Waals surface area (Å²) in [5, 5.41) is 10.7. The fourth-order valence-electron chi connectivity index (χ4n) is 2.61. The Kier molecular flexibility index (Phi) is 4.34. The molecule has 0 bridgehead atoms. The van der Waals surface area contributed by atoms with Crippen LogP contribution in [0.5, 0.6) is 0 Å². The minimum atomic E-state index is 0.619. The Morgan fingerprint density at radius 1 is 1.23 bits per heavy atom. The Morgan fingerprint density at radius 2 is 2.05 bits per heavy atom. The fraction of sp³-hybridized carbons (Fsp3) is 0.471. The highest BCUT2D eigenvalue weighted by atomic mass is 32.2. The number of hydrogen-bond donors (Lipinski definition) is 0. The third kappa shape index (κ3) is 2.82. The summed E-state index contributed by atoms with van der Waals surface area (Å²) in [4.78, 5) is 4.78. The van der Waals surface area contributed by atoms with Crippen molar-refractivity contribution < 1.29 is 0 Å². The molecule has 0 saturated heterocycles. The second-order valence-corrected chi connectivity index (χ2v) is 7.13. The lowest BCUT2D eigenvalue weighted by Crippen LogP contribution is -2.01. The molecule has 5 heteroatoms. The van der Waals surface area contributed by atoms with Crippen LogP contribution in [0.15, 0.2) is 23.4 Å². The van der Waals surface area contributed by atoms with Gasteiger partial charge in [0.15, 0.2) is 5.65 Å². The highest BCUT2D eigenvalue weighted by Gasteiger charge is 2.14. The SMILES string of the molecule is CCCn1c2ccc(C)cc2c2nnc(SCC(C)C)nc21. The Morgan fingerprint density at radius 3 is 2.77 bits per heavy atom. The zero-order chi connectivity index (χ0) is 15.7. The molecule has 22 heavy (non-hydrogen) atoms. The number of nitrogens with zero attached hydrogens (tertiary/aromatic N) is 4. The van der Waals surface area contributed by atoms with Gasteiger partial charge in [0.1, 0.15) is 5.52 Å². The van der Waals surface area contributed by atoms with Crippen LogP contribution in [-0.2, 0) is 6.54 Å². The number of aromatic nitrogens is 4. The van der Waals surface area contributed by atoms with E-state index in [9.17, 15) is 0 Å². The molecule has 0 saturated carbocycles. The Labute approximate surface area is 135 Å². The molecular weight excluding hydrogens is 292 g/mol. The van der Waals surface area contributed by atoms with Crippen molar-refractivity contribution in [3.8, 4) is 0 Å². The van der Waals surface area contributed by atoms with Crippen LogP contribution in [0.3, 0.4) is 0 Å². The minimum absolute atomic E-state index is 0.619. The smallest absolute Gasteiger partial charge is 0.211 e. The molecule has 2 heterocycles. The number of fused-ring (bicyclic) bond motifs is 3. The largest absolute Gasteiger partial charge is 0.324 e. The highest BCUT2D eigenvalue weighted by Crippen LogP contribution is 2.28. The average molecular weight is 314 g/mol. The summed E-state index contributed by atoms with van der Waals surface area (Å²) in [6.07, 6.45) is 1.07. The summed E-state index contributed by atoms with van der Waals surface area (Å²) in [6.45, 7) is 9.66. The van der Waals surface area contributed by atoms with Crippen LogP contribution in [0.1, 0.15) is 32.8 Å². The first kappa shape index (κ1) is 15.3. The van der Waals surface area contributed by atoms with Crippen molar-refractivity contribution in [2.45, 2.75) is 45.8 Å². The number of thioether (sulfide) groups is 1. The van der Waals surface area contributed by atoms with Gasteiger partial charge in [0.05, 0.1) is 5.52 Å². The molecule has 0 N–H and O–H groups in total. The number of aryl methyl sites for hydroxylation is 2. The van der Waals surface area contributed by atoms with E-state index < -0.39 is 0 Å². The van der Waals surface area contributed by atoms with Crippen molar-refractivity contribution in [2.75, 3.05) is 5.75 Å². The van der Waals surface area contributed by atoms with Gasteiger partial charge in [-0.3, -0.25) is 0 Å². The molecule has 0 amide bonds. The van der Waals surface area contributed by atoms with E-state index in [1.165, 1.54) is 11.1 Å². The lowest BCUT2D eigenvalue weighted by Gasteiger charge is -2.05. The van der Waals surface area contributed by atoms with Crippen LogP contribution in [-0.4, -0.2) is 25.5 Å². The molecule has 0 fully saturated rings. The molecule has 2 aromatic heterocycles. The van der Waals surface area contributed by atoms with Crippen molar-refractivity contribution in [3.63, 3.8) is 0 Å². The first-order valence-corrected chi connectivity index (χ1v) is 8.84. The summed E-state index contributed by atoms with van der Waals surface area (Å²) < 4.78 is 2.28. The van der Waals surface area contributed by atoms with E-state index in [2.05, 4.69) is 60.7 Å².